The van der Waals surface area contributed by atoms with Crippen LogP contribution in [0.15, 0.2) is 18.2 Å². The van der Waals surface area contributed by atoms with Gasteiger partial charge in [0.25, 0.3) is 0 Å². The monoisotopic (exact) mass is 197 g/mol. The van der Waals surface area contributed by atoms with Gasteiger partial charge in [-0.2, -0.15) is 0 Å². The third-order valence-electron chi connectivity index (χ3n) is 2.41. The second-order valence-electron chi connectivity index (χ2n) is 3.71. The highest BCUT2D eigenvalue weighted by atomic mass is 19.1. The fraction of sp³-hybridized carbons (Fsp3) is 0.455. The van der Waals surface area contributed by atoms with Crippen LogP contribution in [-0.4, -0.2) is 12.6 Å². The molecule has 0 aromatic heterocycles. The van der Waals surface area contributed by atoms with E-state index < -0.39 is 0 Å². The lowest BCUT2D eigenvalue weighted by Gasteiger charge is -2.04. The van der Waals surface area contributed by atoms with Crippen molar-refractivity contribution in [3.8, 4) is 0 Å². The largest absolute Gasteiger partial charge is 0.314 e. The molecule has 3 heteroatoms. The Balaban J connectivity index is 1.89. The summed E-state index contributed by atoms with van der Waals surface area (Å²) in [6, 6.07) is 4.21. The summed E-state index contributed by atoms with van der Waals surface area (Å²) in [4.78, 5) is 0. The number of benzene rings is 1. The van der Waals surface area contributed by atoms with Gasteiger partial charge >= 0.3 is 0 Å². The van der Waals surface area contributed by atoms with E-state index in [0.29, 0.717) is 18.0 Å². The molecule has 14 heavy (non-hydrogen) atoms. The van der Waals surface area contributed by atoms with Crippen LogP contribution in [0.5, 0.6) is 0 Å². The van der Waals surface area contributed by atoms with Crippen LogP contribution < -0.4 is 5.32 Å². The lowest BCUT2D eigenvalue weighted by molar-refractivity contribution is 0.576. The molecule has 1 N–H and O–H groups in total. The van der Waals surface area contributed by atoms with Crippen LogP contribution in [0.2, 0.25) is 0 Å². The molecule has 0 radical (unpaired) electrons. The molecule has 0 bridgehead atoms. The van der Waals surface area contributed by atoms with Crippen LogP contribution >= 0.6 is 0 Å². The van der Waals surface area contributed by atoms with Crippen LogP contribution in [0.4, 0.5) is 8.78 Å². The molecule has 0 amide bonds. The van der Waals surface area contributed by atoms with Crippen LogP contribution in [0, 0.1) is 11.6 Å². The zero-order valence-corrected chi connectivity index (χ0v) is 7.89. The van der Waals surface area contributed by atoms with Gasteiger partial charge < -0.3 is 5.32 Å². The highest BCUT2D eigenvalue weighted by Crippen LogP contribution is 2.18. The van der Waals surface area contributed by atoms with Crippen molar-refractivity contribution in [2.75, 3.05) is 6.54 Å². The fourth-order valence-electron chi connectivity index (χ4n) is 1.43. The smallest absolute Gasteiger partial charge is 0.126 e. The zero-order valence-electron chi connectivity index (χ0n) is 7.89. The standard InChI is InChI=1S/C11H13F2N/c12-9-1-4-11(13)8(7-9)5-6-14-10-2-3-10/h1,4,7,10,14H,2-3,5-6H2. The first kappa shape index (κ1) is 9.59. The summed E-state index contributed by atoms with van der Waals surface area (Å²) in [5.74, 6) is -0.684. The van der Waals surface area contributed by atoms with Crippen molar-refractivity contribution < 1.29 is 8.78 Å². The average molecular weight is 197 g/mol. The summed E-state index contributed by atoms with van der Waals surface area (Å²) in [5.41, 5.74) is 0.457. The Morgan fingerprint density at radius 3 is 2.79 bits per heavy atom. The van der Waals surface area contributed by atoms with Crippen molar-refractivity contribution in [2.24, 2.45) is 0 Å². The van der Waals surface area contributed by atoms with E-state index in [1.54, 1.807) is 0 Å². The number of hydrogen-bond acceptors (Lipinski definition) is 1. The molecule has 1 aromatic carbocycles. The molecule has 2 rings (SSSR count). The molecule has 1 nitrogen and oxygen atoms in total. The van der Waals surface area contributed by atoms with Crippen LogP contribution in [0.25, 0.3) is 0 Å². The Bertz CT molecular complexity index is 321. The van der Waals surface area contributed by atoms with E-state index in [2.05, 4.69) is 5.32 Å². The topological polar surface area (TPSA) is 12.0 Å². The Kier molecular flexibility index (Phi) is 2.77. The molecule has 1 aliphatic carbocycles. The van der Waals surface area contributed by atoms with Gasteiger partial charge in [-0.1, -0.05) is 0 Å². The van der Waals surface area contributed by atoms with E-state index in [1.807, 2.05) is 0 Å². The predicted octanol–water partition coefficient (Wildman–Crippen LogP) is 2.26. The number of rotatable bonds is 4. The Morgan fingerprint density at radius 2 is 2.07 bits per heavy atom. The molecule has 0 saturated heterocycles. The van der Waals surface area contributed by atoms with Crippen molar-refractivity contribution in [1.82, 2.24) is 5.32 Å². The third-order valence-corrected chi connectivity index (χ3v) is 2.41. The van der Waals surface area contributed by atoms with E-state index in [4.69, 9.17) is 0 Å². The summed E-state index contributed by atoms with van der Waals surface area (Å²) in [6.45, 7) is 0.727. The molecule has 1 aliphatic rings. The van der Waals surface area contributed by atoms with E-state index in [9.17, 15) is 8.78 Å². The van der Waals surface area contributed by atoms with Crippen LogP contribution in [-0.2, 0) is 6.42 Å². The Labute approximate surface area is 82.1 Å². The number of nitrogens with one attached hydrogen (secondary N) is 1. The van der Waals surface area contributed by atoms with Crippen molar-refractivity contribution in [3.63, 3.8) is 0 Å². The highest BCUT2D eigenvalue weighted by Gasteiger charge is 2.19. The summed E-state index contributed by atoms with van der Waals surface area (Å²) >= 11 is 0. The molecule has 0 aliphatic heterocycles. The van der Waals surface area contributed by atoms with Crippen molar-refractivity contribution in [1.29, 1.82) is 0 Å². The van der Waals surface area contributed by atoms with Gasteiger partial charge in [-0.15, -0.1) is 0 Å². The van der Waals surface area contributed by atoms with Crippen molar-refractivity contribution >= 4 is 0 Å². The summed E-state index contributed by atoms with van der Waals surface area (Å²) in [6.07, 6.45) is 2.98. The molecule has 1 saturated carbocycles. The molecule has 0 heterocycles. The minimum absolute atomic E-state index is 0.316. The van der Waals surface area contributed by atoms with E-state index in [0.717, 1.165) is 12.6 Å². The number of hydrogen-bond donors (Lipinski definition) is 1. The molecule has 0 spiro atoms. The van der Waals surface area contributed by atoms with Gasteiger partial charge in [-0.25, -0.2) is 8.78 Å². The third kappa shape index (κ3) is 2.51. The van der Waals surface area contributed by atoms with Gasteiger partial charge in [0.05, 0.1) is 0 Å². The summed E-state index contributed by atoms with van der Waals surface area (Å²) < 4.78 is 25.9. The number of halogens is 2. The van der Waals surface area contributed by atoms with Gasteiger partial charge in [-0.3, -0.25) is 0 Å². The predicted molar refractivity (Wildman–Crippen MR) is 51.1 cm³/mol. The fourth-order valence-corrected chi connectivity index (χ4v) is 1.43. The minimum atomic E-state index is -0.368. The SMILES string of the molecule is Fc1ccc(F)c(CCNC2CC2)c1. The molecule has 0 atom stereocenters. The molecule has 1 aromatic rings. The second-order valence-corrected chi connectivity index (χ2v) is 3.71. The summed E-state index contributed by atoms with van der Waals surface area (Å²) in [5, 5.41) is 3.26. The first-order chi connectivity index (χ1) is 6.75. The van der Waals surface area contributed by atoms with Gasteiger partial charge in [0, 0.05) is 6.04 Å². The van der Waals surface area contributed by atoms with Crippen LogP contribution in [0.3, 0.4) is 0 Å². The normalized spacial score (nSPS) is 15.9. The van der Waals surface area contributed by atoms with Crippen molar-refractivity contribution in [3.05, 3.63) is 35.4 Å². The maximum atomic E-state index is 13.1. The van der Waals surface area contributed by atoms with Gasteiger partial charge in [0.2, 0.25) is 0 Å². The van der Waals surface area contributed by atoms with Crippen molar-refractivity contribution in [2.45, 2.75) is 25.3 Å². The minimum Gasteiger partial charge on any atom is -0.314 e. The van der Waals surface area contributed by atoms with E-state index in [-0.39, 0.29) is 11.6 Å². The lowest BCUT2D eigenvalue weighted by atomic mass is 10.1. The molecule has 1 fully saturated rings. The Morgan fingerprint density at radius 1 is 1.29 bits per heavy atom. The first-order valence-corrected chi connectivity index (χ1v) is 4.93. The van der Waals surface area contributed by atoms with Gasteiger partial charge in [-0.05, 0) is 49.6 Å². The molecular weight excluding hydrogens is 184 g/mol. The molecule has 0 unspecified atom stereocenters. The van der Waals surface area contributed by atoms with E-state index >= 15 is 0 Å². The quantitative estimate of drug-likeness (QED) is 0.780. The second kappa shape index (κ2) is 4.05. The maximum Gasteiger partial charge on any atom is 0.126 e. The van der Waals surface area contributed by atoms with Gasteiger partial charge in [0.1, 0.15) is 11.6 Å². The molecule has 76 valence electrons. The molecular formula is C11H13F2N. The average Bonchev–Trinajstić information content (AvgIpc) is 2.95. The van der Waals surface area contributed by atoms with Crippen LogP contribution in [0.1, 0.15) is 18.4 Å². The maximum absolute atomic E-state index is 13.1. The summed E-state index contributed by atoms with van der Waals surface area (Å²) in [7, 11) is 0. The van der Waals surface area contributed by atoms with Gasteiger partial charge in [0.15, 0.2) is 0 Å². The van der Waals surface area contributed by atoms with E-state index in [1.165, 1.54) is 25.0 Å². The highest BCUT2D eigenvalue weighted by molar-refractivity contribution is 5.19. The zero-order chi connectivity index (χ0) is 9.97. The first-order valence-electron chi connectivity index (χ1n) is 4.93. The Hall–Kier alpha value is -0.960. The lowest BCUT2D eigenvalue weighted by Crippen LogP contribution is -2.19.